The highest BCUT2D eigenvalue weighted by Gasteiger charge is 2.44. The highest BCUT2D eigenvalue weighted by atomic mass is 16.7. The molecule has 0 aliphatic carbocycles. The van der Waals surface area contributed by atoms with Crippen LogP contribution in [0.3, 0.4) is 0 Å². The van der Waals surface area contributed by atoms with Crippen LogP contribution < -0.4 is 4.74 Å². The first-order chi connectivity index (χ1) is 14.0. The molecule has 0 amide bonds. The number of aliphatic hydroxyl groups excluding tert-OH is 4. The normalized spacial score (nSPS) is 33.3. The number of likely N-dealkylation sites (tertiary alicyclic amines) is 1. The molecule has 0 bridgehead atoms. The number of hydrogen-bond donors (Lipinski definition) is 4. The number of fused-ring (bicyclic) bond motifs is 1. The van der Waals surface area contributed by atoms with E-state index < -0.39 is 37.3 Å². The Labute approximate surface area is 170 Å². The number of hydrogen-bond acceptors (Lipinski definition) is 7. The van der Waals surface area contributed by atoms with Gasteiger partial charge in [0.05, 0.1) is 6.61 Å². The third-order valence-corrected chi connectivity index (χ3v) is 6.17. The summed E-state index contributed by atoms with van der Waals surface area (Å²) in [6, 6.07) is 12.3. The second-order valence-electron chi connectivity index (χ2n) is 8.07. The van der Waals surface area contributed by atoms with Gasteiger partial charge in [0.2, 0.25) is 6.29 Å². The SMILES string of the molecule is CN1CCC[C@H]1Cc1cccc2cccc(O[C@@H]3O[C@H](CO)[C@@H](O)[C@@H](O)[C@H]3O)c12. The molecule has 7 heteroatoms. The molecule has 2 aromatic carbocycles. The molecule has 0 unspecified atom stereocenters. The number of benzene rings is 2. The average Bonchev–Trinajstić information content (AvgIpc) is 3.13. The van der Waals surface area contributed by atoms with Crippen molar-refractivity contribution in [2.75, 3.05) is 20.2 Å². The maximum absolute atomic E-state index is 10.3. The molecule has 0 saturated carbocycles. The van der Waals surface area contributed by atoms with Gasteiger partial charge in [-0.3, -0.25) is 0 Å². The molecule has 0 spiro atoms. The lowest BCUT2D eigenvalue weighted by molar-refractivity contribution is -0.277. The summed E-state index contributed by atoms with van der Waals surface area (Å²) in [5.74, 6) is 0.545. The first-order valence-corrected chi connectivity index (χ1v) is 10.2. The van der Waals surface area contributed by atoms with Crippen molar-refractivity contribution in [3.63, 3.8) is 0 Å². The Kier molecular flexibility index (Phi) is 6.06. The van der Waals surface area contributed by atoms with E-state index in [1.807, 2.05) is 30.3 Å². The fourth-order valence-electron chi connectivity index (χ4n) is 4.43. The molecule has 4 rings (SSSR count). The quantitative estimate of drug-likeness (QED) is 0.582. The van der Waals surface area contributed by atoms with E-state index in [2.05, 4.69) is 18.0 Å². The third-order valence-electron chi connectivity index (χ3n) is 6.17. The molecule has 29 heavy (non-hydrogen) atoms. The molecular weight excluding hydrogens is 374 g/mol. The molecule has 6 atom stereocenters. The fraction of sp³-hybridized carbons (Fsp3) is 0.545. The van der Waals surface area contributed by atoms with Crippen molar-refractivity contribution in [3.8, 4) is 5.75 Å². The van der Waals surface area contributed by atoms with Gasteiger partial charge in [0.25, 0.3) is 0 Å². The number of nitrogens with zero attached hydrogens (tertiary/aromatic N) is 1. The summed E-state index contributed by atoms with van der Waals surface area (Å²) in [6.07, 6.45) is -3.26. The van der Waals surface area contributed by atoms with E-state index in [-0.39, 0.29) is 0 Å². The van der Waals surface area contributed by atoms with Crippen molar-refractivity contribution in [2.45, 2.75) is 56.0 Å². The van der Waals surface area contributed by atoms with Crippen LogP contribution >= 0.6 is 0 Å². The first kappa shape index (κ1) is 20.5. The summed E-state index contributed by atoms with van der Waals surface area (Å²) in [5.41, 5.74) is 1.15. The molecule has 2 aliphatic heterocycles. The van der Waals surface area contributed by atoms with Crippen LogP contribution in [0.15, 0.2) is 36.4 Å². The van der Waals surface area contributed by atoms with Crippen LogP contribution in [-0.4, -0.2) is 82.3 Å². The molecule has 2 heterocycles. The van der Waals surface area contributed by atoms with E-state index in [0.29, 0.717) is 11.8 Å². The minimum Gasteiger partial charge on any atom is -0.461 e. The number of likely N-dealkylation sites (N-methyl/N-ethyl adjacent to an activating group) is 1. The lowest BCUT2D eigenvalue weighted by Crippen LogP contribution is -2.60. The smallest absolute Gasteiger partial charge is 0.229 e. The molecule has 2 fully saturated rings. The fourth-order valence-corrected chi connectivity index (χ4v) is 4.43. The minimum absolute atomic E-state index is 0.473. The van der Waals surface area contributed by atoms with Gasteiger partial charge in [-0.1, -0.05) is 30.3 Å². The van der Waals surface area contributed by atoms with Gasteiger partial charge < -0.3 is 34.8 Å². The summed E-state index contributed by atoms with van der Waals surface area (Å²) in [7, 11) is 2.15. The Hall–Kier alpha value is -1.74. The highest BCUT2D eigenvalue weighted by Crippen LogP contribution is 2.34. The second kappa shape index (κ2) is 8.55. The molecule has 4 N–H and O–H groups in total. The maximum atomic E-state index is 10.3. The number of rotatable bonds is 5. The zero-order valence-electron chi connectivity index (χ0n) is 16.5. The van der Waals surface area contributed by atoms with E-state index in [9.17, 15) is 20.4 Å². The molecule has 2 aromatic rings. The van der Waals surface area contributed by atoms with Crippen molar-refractivity contribution in [1.29, 1.82) is 0 Å². The van der Waals surface area contributed by atoms with Gasteiger partial charge >= 0.3 is 0 Å². The van der Waals surface area contributed by atoms with Gasteiger partial charge in [-0.2, -0.15) is 0 Å². The van der Waals surface area contributed by atoms with E-state index in [1.165, 1.54) is 6.42 Å². The molecular formula is C22H29NO6. The van der Waals surface area contributed by atoms with Gasteiger partial charge in [0.1, 0.15) is 30.2 Å². The van der Waals surface area contributed by atoms with Crippen molar-refractivity contribution in [2.24, 2.45) is 0 Å². The summed E-state index contributed by atoms with van der Waals surface area (Å²) in [5, 5.41) is 41.8. The predicted molar refractivity (Wildman–Crippen MR) is 108 cm³/mol. The summed E-state index contributed by atoms with van der Waals surface area (Å²) < 4.78 is 11.5. The predicted octanol–water partition coefficient (Wildman–Crippen LogP) is 0.655. The van der Waals surface area contributed by atoms with Crippen LogP contribution in [0.2, 0.25) is 0 Å². The Bertz CT molecular complexity index is 838. The summed E-state index contributed by atoms with van der Waals surface area (Å²) in [4.78, 5) is 2.37. The minimum atomic E-state index is -1.47. The number of ether oxygens (including phenoxy) is 2. The summed E-state index contributed by atoms with van der Waals surface area (Å²) >= 11 is 0. The zero-order valence-corrected chi connectivity index (χ0v) is 16.5. The average molecular weight is 403 g/mol. The first-order valence-electron chi connectivity index (χ1n) is 10.2. The van der Waals surface area contributed by atoms with Gasteiger partial charge in [0.15, 0.2) is 0 Å². The Morgan fingerprint density at radius 1 is 1.07 bits per heavy atom. The molecule has 2 saturated heterocycles. The van der Waals surface area contributed by atoms with Crippen LogP contribution in [0.25, 0.3) is 10.8 Å². The van der Waals surface area contributed by atoms with Crippen molar-refractivity contribution >= 4 is 10.8 Å². The molecule has 0 aromatic heterocycles. The van der Waals surface area contributed by atoms with E-state index in [0.717, 1.165) is 35.7 Å². The van der Waals surface area contributed by atoms with Crippen molar-refractivity contribution < 1.29 is 29.9 Å². The van der Waals surface area contributed by atoms with Crippen molar-refractivity contribution in [1.82, 2.24) is 4.90 Å². The topological polar surface area (TPSA) is 103 Å². The van der Waals surface area contributed by atoms with Crippen LogP contribution in [0, 0.1) is 0 Å². The van der Waals surface area contributed by atoms with Crippen molar-refractivity contribution in [3.05, 3.63) is 42.0 Å². The largest absolute Gasteiger partial charge is 0.461 e. The third kappa shape index (κ3) is 3.99. The maximum Gasteiger partial charge on any atom is 0.229 e. The van der Waals surface area contributed by atoms with Gasteiger partial charge in [-0.05, 0) is 49.9 Å². The standard InChI is InChI=1S/C22H29NO6/c1-23-10-4-8-15(23)11-14-7-2-5-13-6-3-9-16(18(13)14)28-22-21(27)20(26)19(25)17(12-24)29-22/h2-3,5-7,9,15,17,19-22,24-27H,4,8,10-12H2,1H3/t15-,17+,19+,20+,21+,22+/m0/s1. The lowest BCUT2D eigenvalue weighted by atomic mass is 9.96. The molecule has 2 aliphatic rings. The monoisotopic (exact) mass is 403 g/mol. The molecule has 158 valence electrons. The van der Waals surface area contributed by atoms with Gasteiger partial charge in [-0.15, -0.1) is 0 Å². The van der Waals surface area contributed by atoms with Gasteiger partial charge in [0, 0.05) is 11.4 Å². The van der Waals surface area contributed by atoms with Crippen LogP contribution in [0.4, 0.5) is 0 Å². The van der Waals surface area contributed by atoms with Crippen LogP contribution in [0.1, 0.15) is 18.4 Å². The lowest BCUT2D eigenvalue weighted by Gasteiger charge is -2.39. The highest BCUT2D eigenvalue weighted by molar-refractivity contribution is 5.91. The summed E-state index contributed by atoms with van der Waals surface area (Å²) in [6.45, 7) is 0.614. The van der Waals surface area contributed by atoms with E-state index in [4.69, 9.17) is 9.47 Å². The van der Waals surface area contributed by atoms with E-state index in [1.54, 1.807) is 0 Å². The number of aliphatic hydroxyl groups is 4. The van der Waals surface area contributed by atoms with Crippen LogP contribution in [-0.2, 0) is 11.2 Å². The van der Waals surface area contributed by atoms with Gasteiger partial charge in [-0.25, -0.2) is 0 Å². The van der Waals surface area contributed by atoms with Crippen LogP contribution in [0.5, 0.6) is 5.75 Å². The Morgan fingerprint density at radius 3 is 2.52 bits per heavy atom. The van der Waals surface area contributed by atoms with E-state index >= 15 is 0 Å². The Morgan fingerprint density at radius 2 is 1.83 bits per heavy atom. The second-order valence-corrected chi connectivity index (χ2v) is 8.07. The Balaban J connectivity index is 1.65. The zero-order chi connectivity index (χ0) is 20.5. The molecule has 0 radical (unpaired) electrons. The molecule has 7 nitrogen and oxygen atoms in total.